The molecular weight excluding hydrogens is 272 g/mol. The van der Waals surface area contributed by atoms with Gasteiger partial charge in [0.15, 0.2) is 19.9 Å². The molecule has 0 fully saturated rings. The number of hydrogen-bond donors (Lipinski definition) is 0. The summed E-state index contributed by atoms with van der Waals surface area (Å²) in [5.74, 6) is -0.645. The van der Waals surface area contributed by atoms with Gasteiger partial charge in [0.05, 0.1) is 6.61 Å². The quantitative estimate of drug-likeness (QED) is 0.577. The molecular formula is C15H28O4Si. The van der Waals surface area contributed by atoms with Gasteiger partial charge in [-0.1, -0.05) is 20.8 Å². The second kappa shape index (κ2) is 6.09. The summed E-state index contributed by atoms with van der Waals surface area (Å²) in [4.78, 5) is 12.0. The third-order valence-corrected chi connectivity index (χ3v) is 9.02. The van der Waals surface area contributed by atoms with Gasteiger partial charge in [0.25, 0.3) is 0 Å². The number of carbonyl (C=O) groups excluding carboxylic acids is 1. The van der Waals surface area contributed by atoms with Gasteiger partial charge in [0.1, 0.15) is 0 Å². The molecule has 0 aromatic rings. The summed E-state index contributed by atoms with van der Waals surface area (Å²) in [5.41, 5.74) is 0.671. The number of ether oxygens (including phenoxy) is 2. The molecule has 1 aliphatic carbocycles. The van der Waals surface area contributed by atoms with E-state index in [9.17, 15) is 4.79 Å². The van der Waals surface area contributed by atoms with E-state index < -0.39 is 14.1 Å². The first-order valence-electron chi connectivity index (χ1n) is 7.06. The first-order chi connectivity index (χ1) is 9.07. The molecule has 0 aromatic heterocycles. The molecule has 20 heavy (non-hydrogen) atoms. The van der Waals surface area contributed by atoms with Crippen LogP contribution in [-0.4, -0.2) is 40.7 Å². The molecule has 0 spiro atoms. The van der Waals surface area contributed by atoms with Gasteiger partial charge in [0.2, 0.25) is 0 Å². The summed E-state index contributed by atoms with van der Waals surface area (Å²) in [6.07, 6.45) is 2.78. The van der Waals surface area contributed by atoms with Crippen molar-refractivity contribution in [2.75, 3.05) is 20.8 Å². The zero-order valence-electron chi connectivity index (χ0n) is 13.8. The van der Waals surface area contributed by atoms with Crippen LogP contribution in [0.15, 0.2) is 11.6 Å². The Balaban J connectivity index is 2.85. The van der Waals surface area contributed by atoms with E-state index >= 15 is 0 Å². The number of rotatable bonds is 5. The molecule has 116 valence electrons. The van der Waals surface area contributed by atoms with Crippen LogP contribution in [0.25, 0.3) is 0 Å². The van der Waals surface area contributed by atoms with Crippen LogP contribution in [0.1, 0.15) is 33.6 Å². The Kier molecular flexibility index (Phi) is 5.35. The van der Waals surface area contributed by atoms with Crippen LogP contribution in [0.3, 0.4) is 0 Å². The molecule has 0 atom stereocenters. The Hall–Kier alpha value is -0.493. The third kappa shape index (κ3) is 3.78. The molecule has 5 heteroatoms. The van der Waals surface area contributed by atoms with Crippen molar-refractivity contribution in [3.63, 3.8) is 0 Å². The molecule has 1 rings (SSSR count). The van der Waals surface area contributed by atoms with E-state index in [2.05, 4.69) is 33.9 Å². The van der Waals surface area contributed by atoms with E-state index in [1.807, 2.05) is 0 Å². The van der Waals surface area contributed by atoms with Gasteiger partial charge >= 0.3 is 0 Å². The third-order valence-electron chi connectivity index (χ3n) is 4.54. The molecule has 0 aromatic carbocycles. The lowest BCUT2D eigenvalue weighted by molar-refractivity contribution is -0.179. The van der Waals surface area contributed by atoms with Gasteiger partial charge in [-0.05, 0) is 24.2 Å². The minimum absolute atomic E-state index is 0.130. The van der Waals surface area contributed by atoms with E-state index in [1.165, 1.54) is 0 Å². The van der Waals surface area contributed by atoms with Crippen molar-refractivity contribution in [2.45, 2.75) is 57.5 Å². The Morgan fingerprint density at radius 3 is 2.25 bits per heavy atom. The maximum atomic E-state index is 12.0. The molecule has 0 N–H and O–H groups in total. The lowest BCUT2D eigenvalue weighted by Crippen LogP contribution is -2.43. The number of ketones is 1. The van der Waals surface area contributed by atoms with Gasteiger partial charge in [-0.3, -0.25) is 4.79 Å². The maximum Gasteiger partial charge on any atom is 0.192 e. The van der Waals surface area contributed by atoms with Crippen molar-refractivity contribution in [2.24, 2.45) is 0 Å². The molecule has 0 saturated heterocycles. The minimum atomic E-state index is -1.86. The van der Waals surface area contributed by atoms with Crippen molar-refractivity contribution in [1.82, 2.24) is 0 Å². The van der Waals surface area contributed by atoms with E-state index in [4.69, 9.17) is 13.9 Å². The fraction of sp³-hybridized carbons (Fsp3) is 0.800. The topological polar surface area (TPSA) is 44.8 Å². The smallest absolute Gasteiger partial charge is 0.192 e. The predicted molar refractivity (Wildman–Crippen MR) is 82.2 cm³/mol. The minimum Gasteiger partial charge on any atom is -0.412 e. The average Bonchev–Trinajstić information content (AvgIpc) is 2.37. The van der Waals surface area contributed by atoms with Crippen molar-refractivity contribution in [3.8, 4) is 0 Å². The lowest BCUT2D eigenvalue weighted by Gasteiger charge is -2.37. The molecule has 4 nitrogen and oxygen atoms in total. The van der Waals surface area contributed by atoms with E-state index in [-0.39, 0.29) is 10.8 Å². The second-order valence-electron chi connectivity index (χ2n) is 6.86. The van der Waals surface area contributed by atoms with Crippen LogP contribution in [0, 0.1) is 0 Å². The Bertz CT molecular complexity index is 389. The fourth-order valence-electron chi connectivity index (χ4n) is 1.87. The van der Waals surface area contributed by atoms with Gasteiger partial charge in [0, 0.05) is 32.6 Å². The standard InChI is InChI=1S/C15H28O4Si/c1-14(2,3)20(6,7)19-11-12-10-15(17-4,18-5)9-8-13(12)16/h10H,8-9,11H2,1-7H3. The summed E-state index contributed by atoms with van der Waals surface area (Å²) in [6.45, 7) is 11.3. The summed E-state index contributed by atoms with van der Waals surface area (Å²) in [6, 6.07) is 0. The highest BCUT2D eigenvalue weighted by Gasteiger charge is 2.39. The SMILES string of the molecule is COC1(OC)C=C(CO[Si](C)(C)C(C)(C)C)C(=O)CC1. The van der Waals surface area contributed by atoms with E-state index in [0.717, 1.165) is 0 Å². The zero-order valence-corrected chi connectivity index (χ0v) is 14.8. The Labute approximate surface area is 123 Å². The van der Waals surface area contributed by atoms with Crippen molar-refractivity contribution in [3.05, 3.63) is 11.6 Å². The Morgan fingerprint density at radius 1 is 1.25 bits per heavy atom. The summed E-state index contributed by atoms with van der Waals surface area (Å²) in [5, 5.41) is 0.130. The highest BCUT2D eigenvalue weighted by atomic mass is 28.4. The van der Waals surface area contributed by atoms with Gasteiger partial charge in [-0.2, -0.15) is 0 Å². The number of hydrogen-bond acceptors (Lipinski definition) is 4. The first-order valence-corrected chi connectivity index (χ1v) is 9.97. The predicted octanol–water partition coefficient (Wildman–Crippen LogP) is 3.29. The average molecular weight is 300 g/mol. The second-order valence-corrected chi connectivity index (χ2v) is 11.7. The fourth-order valence-corrected chi connectivity index (χ4v) is 2.82. The first kappa shape index (κ1) is 17.6. The van der Waals surface area contributed by atoms with Crippen LogP contribution < -0.4 is 0 Å². The van der Waals surface area contributed by atoms with Gasteiger partial charge in [-0.15, -0.1) is 0 Å². The maximum absolute atomic E-state index is 12.0. The number of methoxy groups -OCH3 is 2. The molecule has 0 radical (unpaired) electrons. The highest BCUT2D eigenvalue weighted by Crippen LogP contribution is 2.37. The summed E-state index contributed by atoms with van der Waals surface area (Å²) < 4.78 is 16.9. The van der Waals surface area contributed by atoms with Crippen molar-refractivity contribution >= 4 is 14.1 Å². The normalized spacial score (nSPS) is 19.9. The molecule has 0 amide bonds. The van der Waals surface area contributed by atoms with E-state index in [0.29, 0.717) is 25.0 Å². The molecule has 0 unspecified atom stereocenters. The molecule has 0 bridgehead atoms. The summed E-state index contributed by atoms with van der Waals surface area (Å²) >= 11 is 0. The van der Waals surface area contributed by atoms with E-state index in [1.54, 1.807) is 20.3 Å². The molecule has 1 aliphatic rings. The molecule has 0 aliphatic heterocycles. The molecule has 0 heterocycles. The van der Waals surface area contributed by atoms with Crippen LogP contribution >= 0.6 is 0 Å². The zero-order chi connectivity index (χ0) is 15.6. The number of carbonyl (C=O) groups is 1. The van der Waals surface area contributed by atoms with Crippen molar-refractivity contribution in [1.29, 1.82) is 0 Å². The molecule has 0 saturated carbocycles. The Morgan fingerprint density at radius 2 is 1.80 bits per heavy atom. The highest BCUT2D eigenvalue weighted by molar-refractivity contribution is 6.74. The number of Topliss-reactive ketones (excluding diaryl/α,β-unsaturated/α-hetero) is 1. The van der Waals surface area contributed by atoms with Gasteiger partial charge < -0.3 is 13.9 Å². The van der Waals surface area contributed by atoms with Gasteiger partial charge in [-0.25, -0.2) is 0 Å². The van der Waals surface area contributed by atoms with Crippen LogP contribution in [0.5, 0.6) is 0 Å². The summed E-state index contributed by atoms with van der Waals surface area (Å²) in [7, 11) is 1.34. The van der Waals surface area contributed by atoms with Crippen LogP contribution in [-0.2, 0) is 18.7 Å². The monoisotopic (exact) mass is 300 g/mol. The lowest BCUT2D eigenvalue weighted by atomic mass is 9.94. The van der Waals surface area contributed by atoms with Crippen LogP contribution in [0.2, 0.25) is 18.1 Å². The van der Waals surface area contributed by atoms with Crippen molar-refractivity contribution < 1.29 is 18.7 Å². The van der Waals surface area contributed by atoms with Crippen LogP contribution in [0.4, 0.5) is 0 Å². The largest absolute Gasteiger partial charge is 0.412 e.